The lowest BCUT2D eigenvalue weighted by molar-refractivity contribution is -0.120. The first-order chi connectivity index (χ1) is 14.8. The standard InChI is InChI=1S/C22H29N3O5S/c1-16-14-19(9-10-20(16)30-13-12-29-3)31(27,28)25-11-5-7-18(15-25)22(26)24-21-8-4-6-17(2)23-21/h4,6,8-10,14,18H,5,7,11-13,15H2,1-3H3,(H,23,24,26). The maximum atomic E-state index is 13.2. The summed E-state index contributed by atoms with van der Waals surface area (Å²) in [5.74, 6) is 0.460. The number of nitrogens with zero attached hydrogens (tertiary/aromatic N) is 2. The average molecular weight is 448 g/mol. The fraction of sp³-hybridized carbons (Fsp3) is 0.455. The number of aryl methyl sites for hydroxylation is 2. The molecule has 2 aromatic rings. The number of nitrogens with one attached hydrogen (secondary N) is 1. The van der Waals surface area contributed by atoms with E-state index in [1.807, 2.05) is 26.0 Å². The van der Waals surface area contributed by atoms with Crippen LogP contribution < -0.4 is 10.1 Å². The van der Waals surface area contributed by atoms with Crippen LogP contribution in [0.15, 0.2) is 41.3 Å². The third-order valence-electron chi connectivity index (χ3n) is 5.22. The Labute approximate surface area is 183 Å². The SMILES string of the molecule is COCCOc1ccc(S(=O)(=O)N2CCCC(C(=O)Nc3cccc(C)n3)C2)cc1C. The van der Waals surface area contributed by atoms with Crippen LogP contribution in [0.3, 0.4) is 0 Å². The number of amides is 1. The summed E-state index contributed by atoms with van der Waals surface area (Å²) in [6, 6.07) is 10.2. The smallest absolute Gasteiger partial charge is 0.243 e. The molecule has 8 nitrogen and oxygen atoms in total. The first kappa shape index (κ1) is 23.2. The largest absolute Gasteiger partial charge is 0.491 e. The molecule has 1 fully saturated rings. The predicted molar refractivity (Wildman–Crippen MR) is 118 cm³/mol. The first-order valence-corrected chi connectivity index (χ1v) is 11.7. The molecule has 1 aliphatic rings. The molecule has 9 heteroatoms. The second-order valence-electron chi connectivity index (χ2n) is 7.62. The van der Waals surface area contributed by atoms with Crippen LogP contribution in [0.2, 0.25) is 0 Å². The number of carbonyl (C=O) groups is 1. The lowest BCUT2D eigenvalue weighted by atomic mass is 9.99. The van der Waals surface area contributed by atoms with Crippen molar-refractivity contribution >= 4 is 21.7 Å². The van der Waals surface area contributed by atoms with E-state index in [2.05, 4.69) is 10.3 Å². The van der Waals surface area contributed by atoms with Gasteiger partial charge in [-0.15, -0.1) is 0 Å². The van der Waals surface area contributed by atoms with Gasteiger partial charge in [0, 0.05) is 25.9 Å². The van der Waals surface area contributed by atoms with Crippen LogP contribution in [-0.4, -0.2) is 57.0 Å². The lowest BCUT2D eigenvalue weighted by Crippen LogP contribution is -2.43. The highest BCUT2D eigenvalue weighted by Crippen LogP contribution is 2.28. The number of benzene rings is 1. The van der Waals surface area contributed by atoms with Gasteiger partial charge in [-0.2, -0.15) is 4.31 Å². The number of methoxy groups -OCH3 is 1. The summed E-state index contributed by atoms with van der Waals surface area (Å²) < 4.78 is 38.4. The van der Waals surface area contributed by atoms with Gasteiger partial charge in [0.2, 0.25) is 15.9 Å². The van der Waals surface area contributed by atoms with Crippen molar-refractivity contribution in [2.75, 3.05) is 38.7 Å². The number of sulfonamides is 1. The van der Waals surface area contributed by atoms with Gasteiger partial charge in [-0.3, -0.25) is 4.79 Å². The highest BCUT2D eigenvalue weighted by atomic mass is 32.2. The predicted octanol–water partition coefficient (Wildman–Crippen LogP) is 2.76. The quantitative estimate of drug-likeness (QED) is 0.625. The van der Waals surface area contributed by atoms with Crippen molar-refractivity contribution in [2.24, 2.45) is 5.92 Å². The van der Waals surface area contributed by atoms with E-state index in [9.17, 15) is 13.2 Å². The van der Waals surface area contributed by atoms with Crippen molar-refractivity contribution in [3.8, 4) is 5.75 Å². The van der Waals surface area contributed by atoms with Crippen molar-refractivity contribution < 1.29 is 22.7 Å². The summed E-state index contributed by atoms with van der Waals surface area (Å²) in [7, 11) is -2.12. The Morgan fingerprint density at radius 3 is 2.74 bits per heavy atom. The topological polar surface area (TPSA) is 97.8 Å². The lowest BCUT2D eigenvalue weighted by Gasteiger charge is -2.31. The van der Waals surface area contributed by atoms with Crippen LogP contribution in [0.25, 0.3) is 0 Å². The molecule has 0 spiro atoms. The van der Waals surface area contributed by atoms with E-state index >= 15 is 0 Å². The van der Waals surface area contributed by atoms with Crippen molar-refractivity contribution in [3.63, 3.8) is 0 Å². The summed E-state index contributed by atoms with van der Waals surface area (Å²) in [5.41, 5.74) is 1.53. The molecule has 0 bridgehead atoms. The van der Waals surface area contributed by atoms with E-state index in [0.29, 0.717) is 44.2 Å². The third-order valence-corrected chi connectivity index (χ3v) is 7.08. The summed E-state index contributed by atoms with van der Waals surface area (Å²) >= 11 is 0. The maximum absolute atomic E-state index is 13.2. The van der Waals surface area contributed by atoms with Gasteiger partial charge in [0.25, 0.3) is 0 Å². The number of aromatic nitrogens is 1. The molecule has 1 aliphatic heterocycles. The monoisotopic (exact) mass is 447 g/mol. The Bertz CT molecular complexity index is 1030. The zero-order valence-corrected chi connectivity index (χ0v) is 18.9. The minimum absolute atomic E-state index is 0.144. The zero-order valence-electron chi connectivity index (χ0n) is 18.1. The van der Waals surface area contributed by atoms with Gasteiger partial charge in [0.05, 0.1) is 17.4 Å². The number of carbonyl (C=O) groups excluding carboxylic acids is 1. The summed E-state index contributed by atoms with van der Waals surface area (Å²) in [6.45, 7) is 5.03. The highest BCUT2D eigenvalue weighted by Gasteiger charge is 2.33. The molecule has 168 valence electrons. The van der Waals surface area contributed by atoms with E-state index < -0.39 is 15.9 Å². The Kier molecular flexibility index (Phi) is 7.64. The molecule has 31 heavy (non-hydrogen) atoms. The number of pyridine rings is 1. The molecule has 1 N–H and O–H groups in total. The minimum atomic E-state index is -3.72. The molecule has 3 rings (SSSR count). The molecule has 1 atom stereocenters. The Morgan fingerprint density at radius 1 is 1.23 bits per heavy atom. The number of rotatable bonds is 8. The van der Waals surface area contributed by atoms with Crippen molar-refractivity contribution in [1.82, 2.24) is 9.29 Å². The number of ether oxygens (including phenoxy) is 2. The van der Waals surface area contributed by atoms with Crippen LogP contribution >= 0.6 is 0 Å². The molecule has 1 amide bonds. The maximum Gasteiger partial charge on any atom is 0.243 e. The van der Waals surface area contributed by atoms with Crippen LogP contribution in [0, 0.1) is 19.8 Å². The molecule has 0 aliphatic carbocycles. The zero-order chi connectivity index (χ0) is 22.4. The number of piperidine rings is 1. The Morgan fingerprint density at radius 2 is 2.03 bits per heavy atom. The molecule has 0 saturated carbocycles. The van der Waals surface area contributed by atoms with E-state index in [0.717, 1.165) is 11.3 Å². The van der Waals surface area contributed by atoms with Gasteiger partial charge in [-0.1, -0.05) is 6.07 Å². The molecule has 1 saturated heterocycles. The van der Waals surface area contributed by atoms with E-state index in [1.54, 1.807) is 31.4 Å². The van der Waals surface area contributed by atoms with E-state index in [1.165, 1.54) is 4.31 Å². The molecule has 1 aromatic carbocycles. The van der Waals surface area contributed by atoms with Gasteiger partial charge < -0.3 is 14.8 Å². The minimum Gasteiger partial charge on any atom is -0.491 e. The summed E-state index contributed by atoms with van der Waals surface area (Å²) in [4.78, 5) is 17.2. The van der Waals surface area contributed by atoms with Crippen LogP contribution in [-0.2, 0) is 19.6 Å². The van der Waals surface area contributed by atoms with Crippen molar-refractivity contribution in [2.45, 2.75) is 31.6 Å². The molecule has 0 radical (unpaired) electrons. The number of hydrogen-bond donors (Lipinski definition) is 1. The van der Waals surface area contributed by atoms with Gasteiger partial charge >= 0.3 is 0 Å². The van der Waals surface area contributed by atoms with Crippen molar-refractivity contribution in [1.29, 1.82) is 0 Å². The average Bonchev–Trinajstić information content (AvgIpc) is 2.75. The normalized spacial score (nSPS) is 17.3. The van der Waals surface area contributed by atoms with Crippen molar-refractivity contribution in [3.05, 3.63) is 47.7 Å². The molecule has 1 aromatic heterocycles. The molecule has 1 unspecified atom stereocenters. The van der Waals surface area contributed by atoms with Gasteiger partial charge in [-0.25, -0.2) is 13.4 Å². The molecular weight excluding hydrogens is 418 g/mol. The van der Waals surface area contributed by atoms with E-state index in [4.69, 9.17) is 9.47 Å². The second kappa shape index (κ2) is 10.2. The fourth-order valence-electron chi connectivity index (χ4n) is 3.54. The summed E-state index contributed by atoms with van der Waals surface area (Å²) in [6.07, 6.45) is 1.25. The fourth-order valence-corrected chi connectivity index (χ4v) is 5.15. The Hall–Kier alpha value is -2.49. The second-order valence-corrected chi connectivity index (χ2v) is 9.56. The van der Waals surface area contributed by atoms with Gasteiger partial charge in [0.1, 0.15) is 18.2 Å². The van der Waals surface area contributed by atoms with Crippen LogP contribution in [0.4, 0.5) is 5.82 Å². The van der Waals surface area contributed by atoms with Gasteiger partial charge in [-0.05, 0) is 62.6 Å². The van der Waals surface area contributed by atoms with E-state index in [-0.39, 0.29) is 17.3 Å². The van der Waals surface area contributed by atoms with Crippen LogP contribution in [0.5, 0.6) is 5.75 Å². The number of anilines is 1. The Balaban J connectivity index is 1.69. The summed E-state index contributed by atoms with van der Waals surface area (Å²) in [5, 5.41) is 2.81. The third kappa shape index (κ3) is 5.81. The van der Waals surface area contributed by atoms with Gasteiger partial charge in [0.15, 0.2) is 0 Å². The van der Waals surface area contributed by atoms with Crippen LogP contribution in [0.1, 0.15) is 24.1 Å². The molecular formula is C22H29N3O5S. The first-order valence-electron chi connectivity index (χ1n) is 10.3. The highest BCUT2D eigenvalue weighted by molar-refractivity contribution is 7.89. The number of hydrogen-bond acceptors (Lipinski definition) is 6. The molecule has 2 heterocycles.